The Morgan fingerprint density at radius 2 is 2.00 bits per heavy atom. The van der Waals surface area contributed by atoms with E-state index in [9.17, 15) is 0 Å². The van der Waals surface area contributed by atoms with Crippen molar-refractivity contribution < 1.29 is 9.47 Å². The van der Waals surface area contributed by atoms with Crippen LogP contribution in [0.1, 0.15) is 19.4 Å². The van der Waals surface area contributed by atoms with E-state index in [1.54, 1.807) is 12.3 Å². The van der Waals surface area contributed by atoms with Crippen molar-refractivity contribution in [2.45, 2.75) is 13.8 Å². The first-order valence-electron chi connectivity index (χ1n) is 8.04. The summed E-state index contributed by atoms with van der Waals surface area (Å²) < 4.78 is 11.2. The highest BCUT2D eigenvalue weighted by molar-refractivity contribution is 6.32. The lowest BCUT2D eigenvalue weighted by Gasteiger charge is -2.13. The molecule has 0 atom stereocenters. The van der Waals surface area contributed by atoms with E-state index < -0.39 is 0 Å². The van der Waals surface area contributed by atoms with E-state index >= 15 is 0 Å². The van der Waals surface area contributed by atoms with Crippen LogP contribution in [0.4, 0.5) is 5.95 Å². The molecule has 25 heavy (non-hydrogen) atoms. The Labute approximate surface area is 150 Å². The Balaban J connectivity index is 1.78. The van der Waals surface area contributed by atoms with E-state index in [0.29, 0.717) is 35.7 Å². The van der Waals surface area contributed by atoms with Crippen molar-refractivity contribution in [3.05, 3.63) is 47.0 Å². The van der Waals surface area contributed by atoms with Gasteiger partial charge in [-0.3, -0.25) is 0 Å². The lowest BCUT2D eigenvalue weighted by atomic mass is 10.2. The van der Waals surface area contributed by atoms with Crippen LogP contribution < -0.4 is 14.9 Å². The Kier molecular flexibility index (Phi) is 5.40. The number of rotatable bonds is 7. The van der Waals surface area contributed by atoms with Gasteiger partial charge in [-0.15, -0.1) is 0 Å². The lowest BCUT2D eigenvalue weighted by Crippen LogP contribution is -2.00. The molecule has 0 amide bonds. The summed E-state index contributed by atoms with van der Waals surface area (Å²) in [6.45, 7) is 4.85. The number of hydrogen-bond donors (Lipinski definition) is 2. The third-order valence-electron chi connectivity index (χ3n) is 3.39. The van der Waals surface area contributed by atoms with Gasteiger partial charge in [0.1, 0.15) is 0 Å². The summed E-state index contributed by atoms with van der Waals surface area (Å²) >= 11 is 6.29. The number of aromatic amines is 1. The minimum absolute atomic E-state index is 0.484. The van der Waals surface area contributed by atoms with Crippen molar-refractivity contribution in [2.75, 3.05) is 18.6 Å². The molecule has 1 aromatic heterocycles. The molecule has 1 heterocycles. The number of hydrazone groups is 1. The van der Waals surface area contributed by atoms with Crippen LogP contribution >= 0.6 is 11.6 Å². The SMILES string of the molecule is CCOc1cc(/C=N\Nc2nc3ccccc3[nH]2)cc(Cl)c1OCC. The number of fused-ring (bicyclic) bond motifs is 1. The van der Waals surface area contributed by atoms with Crippen molar-refractivity contribution in [3.8, 4) is 11.5 Å². The maximum Gasteiger partial charge on any atom is 0.222 e. The highest BCUT2D eigenvalue weighted by atomic mass is 35.5. The number of hydrogen-bond acceptors (Lipinski definition) is 5. The van der Waals surface area contributed by atoms with Gasteiger partial charge < -0.3 is 14.5 Å². The molecule has 0 radical (unpaired) electrons. The number of nitrogens with zero attached hydrogens (tertiary/aromatic N) is 2. The minimum Gasteiger partial charge on any atom is -0.490 e. The largest absolute Gasteiger partial charge is 0.490 e. The van der Waals surface area contributed by atoms with Gasteiger partial charge in [-0.2, -0.15) is 5.10 Å². The summed E-state index contributed by atoms with van der Waals surface area (Å²) in [5, 5.41) is 4.69. The molecule has 130 valence electrons. The van der Waals surface area contributed by atoms with Gasteiger partial charge in [0.2, 0.25) is 5.95 Å². The Morgan fingerprint density at radius 1 is 1.20 bits per heavy atom. The van der Waals surface area contributed by atoms with E-state index in [4.69, 9.17) is 21.1 Å². The molecule has 0 aliphatic heterocycles. The smallest absolute Gasteiger partial charge is 0.222 e. The molecule has 6 nitrogen and oxygen atoms in total. The second-order valence-electron chi connectivity index (χ2n) is 5.17. The minimum atomic E-state index is 0.484. The standard InChI is InChI=1S/C18H19ClN4O2/c1-3-24-16-10-12(9-13(19)17(16)25-4-2)11-20-23-18-21-14-7-5-6-8-15(14)22-18/h5-11H,3-4H2,1-2H3,(H2,21,22,23)/b20-11-. The van der Waals surface area contributed by atoms with E-state index in [1.165, 1.54) is 0 Å². The third kappa shape index (κ3) is 4.03. The molecule has 2 aromatic carbocycles. The first-order valence-corrected chi connectivity index (χ1v) is 8.42. The Morgan fingerprint density at radius 3 is 2.76 bits per heavy atom. The van der Waals surface area contributed by atoms with Gasteiger partial charge in [0.05, 0.1) is 35.5 Å². The first-order chi connectivity index (χ1) is 12.2. The molecule has 3 aromatic rings. The molecule has 0 saturated carbocycles. The zero-order valence-corrected chi connectivity index (χ0v) is 14.8. The molecule has 0 bridgehead atoms. The van der Waals surface area contributed by atoms with Crippen LogP contribution in [0.2, 0.25) is 5.02 Å². The van der Waals surface area contributed by atoms with Gasteiger partial charge >= 0.3 is 0 Å². The summed E-state index contributed by atoms with van der Waals surface area (Å²) in [6, 6.07) is 11.4. The van der Waals surface area contributed by atoms with Crippen LogP contribution in [-0.2, 0) is 0 Å². The van der Waals surface area contributed by atoms with Gasteiger partial charge in [-0.1, -0.05) is 23.7 Å². The number of imidazole rings is 1. The molecule has 0 aliphatic rings. The number of para-hydroxylation sites is 2. The fourth-order valence-electron chi connectivity index (χ4n) is 2.38. The van der Waals surface area contributed by atoms with Crippen molar-refractivity contribution in [3.63, 3.8) is 0 Å². The van der Waals surface area contributed by atoms with Crippen LogP contribution in [0.5, 0.6) is 11.5 Å². The highest BCUT2D eigenvalue weighted by Crippen LogP contribution is 2.36. The molecular weight excluding hydrogens is 340 g/mol. The molecule has 0 saturated heterocycles. The van der Waals surface area contributed by atoms with Crippen molar-refractivity contribution in [1.82, 2.24) is 9.97 Å². The van der Waals surface area contributed by atoms with E-state index in [1.807, 2.05) is 44.2 Å². The summed E-state index contributed by atoms with van der Waals surface area (Å²) in [5.41, 5.74) is 5.50. The Bertz CT molecular complexity index is 859. The van der Waals surface area contributed by atoms with Crippen molar-refractivity contribution in [2.24, 2.45) is 5.10 Å². The van der Waals surface area contributed by atoms with Gasteiger partial charge in [-0.05, 0) is 43.7 Å². The van der Waals surface area contributed by atoms with Gasteiger partial charge in [-0.25, -0.2) is 10.4 Å². The topological polar surface area (TPSA) is 71.5 Å². The van der Waals surface area contributed by atoms with Crippen molar-refractivity contribution >= 4 is 34.8 Å². The quantitative estimate of drug-likeness (QED) is 0.483. The number of halogens is 1. The highest BCUT2D eigenvalue weighted by Gasteiger charge is 2.11. The molecule has 0 aliphatic carbocycles. The monoisotopic (exact) mass is 358 g/mol. The summed E-state index contributed by atoms with van der Waals surface area (Å²) in [4.78, 5) is 7.54. The molecule has 0 unspecified atom stereocenters. The molecule has 0 fully saturated rings. The van der Waals surface area contributed by atoms with Gasteiger partial charge in [0.15, 0.2) is 11.5 Å². The third-order valence-corrected chi connectivity index (χ3v) is 3.67. The molecule has 3 rings (SSSR count). The van der Waals surface area contributed by atoms with Crippen LogP contribution in [0.25, 0.3) is 11.0 Å². The Hall–Kier alpha value is -2.73. The fraction of sp³-hybridized carbons (Fsp3) is 0.222. The van der Waals surface area contributed by atoms with Crippen molar-refractivity contribution in [1.29, 1.82) is 0 Å². The molecule has 2 N–H and O–H groups in total. The van der Waals surface area contributed by atoms with E-state index in [-0.39, 0.29) is 0 Å². The maximum atomic E-state index is 6.29. The van der Waals surface area contributed by atoms with E-state index in [2.05, 4.69) is 20.5 Å². The number of benzene rings is 2. The van der Waals surface area contributed by atoms with E-state index in [0.717, 1.165) is 16.6 Å². The number of H-pyrrole nitrogens is 1. The zero-order chi connectivity index (χ0) is 17.6. The first kappa shape index (κ1) is 17.1. The average molecular weight is 359 g/mol. The van der Waals surface area contributed by atoms with Crippen LogP contribution in [0, 0.1) is 0 Å². The van der Waals surface area contributed by atoms with Crippen LogP contribution in [-0.4, -0.2) is 29.4 Å². The lowest BCUT2D eigenvalue weighted by molar-refractivity contribution is 0.288. The summed E-state index contributed by atoms with van der Waals surface area (Å²) in [6.07, 6.45) is 1.65. The maximum absolute atomic E-state index is 6.29. The number of anilines is 1. The number of aromatic nitrogens is 2. The molecular formula is C18H19ClN4O2. The predicted molar refractivity (Wildman–Crippen MR) is 101 cm³/mol. The van der Waals surface area contributed by atoms with Crippen LogP contribution in [0.15, 0.2) is 41.5 Å². The fourth-order valence-corrected chi connectivity index (χ4v) is 2.66. The predicted octanol–water partition coefficient (Wildman–Crippen LogP) is 4.46. The second-order valence-corrected chi connectivity index (χ2v) is 5.58. The normalized spacial score (nSPS) is 11.2. The number of nitrogens with one attached hydrogen (secondary N) is 2. The molecule has 7 heteroatoms. The average Bonchev–Trinajstić information content (AvgIpc) is 3.01. The summed E-state index contributed by atoms with van der Waals surface area (Å²) in [5.74, 6) is 1.72. The number of ether oxygens (including phenoxy) is 2. The zero-order valence-electron chi connectivity index (χ0n) is 14.0. The van der Waals surface area contributed by atoms with Gasteiger partial charge in [0, 0.05) is 0 Å². The second kappa shape index (κ2) is 7.90. The molecule has 0 spiro atoms. The van der Waals surface area contributed by atoms with Gasteiger partial charge in [0.25, 0.3) is 0 Å². The van der Waals surface area contributed by atoms with Crippen LogP contribution in [0.3, 0.4) is 0 Å². The summed E-state index contributed by atoms with van der Waals surface area (Å²) in [7, 11) is 0.